The van der Waals surface area contributed by atoms with E-state index in [0.717, 1.165) is 17.7 Å². The van der Waals surface area contributed by atoms with Crippen molar-refractivity contribution in [1.82, 2.24) is 0 Å². The lowest BCUT2D eigenvalue weighted by molar-refractivity contribution is 0.308. The van der Waals surface area contributed by atoms with E-state index in [1.165, 1.54) is 0 Å². The van der Waals surface area contributed by atoms with Crippen molar-refractivity contribution in [3.8, 4) is 0 Å². The molecule has 0 rings (SSSR count). The van der Waals surface area contributed by atoms with Gasteiger partial charge in [-0.15, -0.1) is 0 Å². The summed E-state index contributed by atoms with van der Waals surface area (Å²) >= 11 is 0. The minimum atomic E-state index is -0.195. The Morgan fingerprint density at radius 1 is 1.46 bits per heavy atom. The van der Waals surface area contributed by atoms with Crippen LogP contribution in [0.3, 0.4) is 0 Å². The van der Waals surface area contributed by atoms with Crippen LogP contribution in [0, 0.1) is 11.3 Å². The predicted molar refractivity (Wildman–Crippen MR) is 57.3 cm³/mol. The van der Waals surface area contributed by atoms with Gasteiger partial charge in [0.25, 0.3) is 0 Å². The Hall–Kier alpha value is -0.790. The van der Waals surface area contributed by atoms with Gasteiger partial charge in [-0.3, -0.25) is 0 Å². The van der Waals surface area contributed by atoms with E-state index in [2.05, 4.69) is 25.6 Å². The van der Waals surface area contributed by atoms with E-state index in [9.17, 15) is 0 Å². The molecule has 0 aliphatic carbocycles. The SMILES string of the molecule is C=C(C)C(C)(C)C(CC(C)C)=NO. The second-order valence-corrected chi connectivity index (χ2v) is 4.55. The highest BCUT2D eigenvalue weighted by Gasteiger charge is 2.26. The second-order valence-electron chi connectivity index (χ2n) is 4.55. The molecule has 0 atom stereocenters. The lowest BCUT2D eigenvalue weighted by atomic mass is 9.78. The van der Waals surface area contributed by atoms with Gasteiger partial charge < -0.3 is 5.21 Å². The third kappa shape index (κ3) is 3.21. The van der Waals surface area contributed by atoms with Crippen molar-refractivity contribution in [1.29, 1.82) is 0 Å². The van der Waals surface area contributed by atoms with Gasteiger partial charge in [-0.05, 0) is 19.3 Å². The Labute approximate surface area is 81.3 Å². The predicted octanol–water partition coefficient (Wildman–Crippen LogP) is 3.47. The van der Waals surface area contributed by atoms with E-state index in [4.69, 9.17) is 5.21 Å². The summed E-state index contributed by atoms with van der Waals surface area (Å²) in [4.78, 5) is 0. The lowest BCUT2D eigenvalue weighted by Gasteiger charge is -2.27. The molecule has 0 saturated heterocycles. The molecule has 0 aliphatic heterocycles. The number of oxime groups is 1. The number of hydrogen-bond acceptors (Lipinski definition) is 2. The molecular formula is C11H21NO. The fourth-order valence-corrected chi connectivity index (χ4v) is 1.05. The summed E-state index contributed by atoms with van der Waals surface area (Å²) in [7, 11) is 0. The summed E-state index contributed by atoms with van der Waals surface area (Å²) < 4.78 is 0. The molecule has 0 aromatic carbocycles. The minimum absolute atomic E-state index is 0.195. The van der Waals surface area contributed by atoms with Crippen LogP contribution in [-0.2, 0) is 0 Å². The van der Waals surface area contributed by atoms with Crippen LogP contribution < -0.4 is 0 Å². The molecule has 0 aliphatic rings. The standard InChI is InChI=1S/C11H21NO/c1-8(2)7-10(12-13)11(5,6)9(3)4/h8,13H,3,7H2,1-2,4-6H3. The maximum absolute atomic E-state index is 8.91. The van der Waals surface area contributed by atoms with Crippen molar-refractivity contribution in [2.45, 2.75) is 41.0 Å². The average Bonchev–Trinajstić information content (AvgIpc) is 1.99. The Morgan fingerprint density at radius 3 is 2.15 bits per heavy atom. The summed E-state index contributed by atoms with van der Waals surface area (Å²) in [6, 6.07) is 0. The maximum Gasteiger partial charge on any atom is 0.0669 e. The van der Waals surface area contributed by atoms with Crippen molar-refractivity contribution in [3.05, 3.63) is 12.2 Å². The van der Waals surface area contributed by atoms with E-state index in [0.29, 0.717) is 5.92 Å². The van der Waals surface area contributed by atoms with Crippen molar-refractivity contribution in [2.75, 3.05) is 0 Å². The highest BCUT2D eigenvalue weighted by molar-refractivity contribution is 5.91. The van der Waals surface area contributed by atoms with Crippen molar-refractivity contribution in [2.24, 2.45) is 16.5 Å². The monoisotopic (exact) mass is 183 g/mol. The van der Waals surface area contributed by atoms with Gasteiger partial charge in [0, 0.05) is 5.41 Å². The molecular weight excluding hydrogens is 162 g/mol. The molecule has 76 valence electrons. The zero-order valence-corrected chi connectivity index (χ0v) is 9.39. The highest BCUT2D eigenvalue weighted by atomic mass is 16.4. The fraction of sp³-hybridized carbons (Fsp3) is 0.727. The van der Waals surface area contributed by atoms with Gasteiger partial charge in [-0.2, -0.15) is 0 Å². The molecule has 0 saturated carbocycles. The molecule has 0 aromatic rings. The zero-order chi connectivity index (χ0) is 10.6. The molecule has 0 fully saturated rings. The molecule has 2 nitrogen and oxygen atoms in total. The number of hydrogen-bond donors (Lipinski definition) is 1. The average molecular weight is 183 g/mol. The number of rotatable bonds is 4. The molecule has 0 radical (unpaired) electrons. The first-order valence-corrected chi connectivity index (χ1v) is 4.69. The first-order chi connectivity index (χ1) is 5.82. The molecule has 0 aromatic heterocycles. The normalized spacial score (nSPS) is 13.5. The van der Waals surface area contributed by atoms with Gasteiger partial charge in [0.05, 0.1) is 5.71 Å². The Balaban J connectivity index is 4.69. The molecule has 0 spiro atoms. The summed E-state index contributed by atoms with van der Waals surface area (Å²) in [5, 5.41) is 12.3. The van der Waals surface area contributed by atoms with Gasteiger partial charge in [-0.25, -0.2) is 0 Å². The van der Waals surface area contributed by atoms with Crippen molar-refractivity contribution >= 4 is 5.71 Å². The molecule has 0 heterocycles. The van der Waals surface area contributed by atoms with E-state index in [1.54, 1.807) is 0 Å². The first-order valence-electron chi connectivity index (χ1n) is 4.69. The minimum Gasteiger partial charge on any atom is -0.411 e. The van der Waals surface area contributed by atoms with Crippen LogP contribution in [0.5, 0.6) is 0 Å². The first kappa shape index (κ1) is 12.2. The van der Waals surface area contributed by atoms with E-state index < -0.39 is 0 Å². The summed E-state index contributed by atoms with van der Waals surface area (Å²) in [5.74, 6) is 0.504. The number of nitrogens with zero attached hydrogens (tertiary/aromatic N) is 1. The summed E-state index contributed by atoms with van der Waals surface area (Å²) in [5.41, 5.74) is 1.65. The zero-order valence-electron chi connectivity index (χ0n) is 9.39. The van der Waals surface area contributed by atoms with Crippen LogP contribution >= 0.6 is 0 Å². The van der Waals surface area contributed by atoms with Gasteiger partial charge in [0.2, 0.25) is 0 Å². The Morgan fingerprint density at radius 2 is 1.92 bits per heavy atom. The third-order valence-electron chi connectivity index (χ3n) is 2.51. The number of allylic oxidation sites excluding steroid dienone is 1. The summed E-state index contributed by atoms with van der Waals surface area (Å²) in [6.45, 7) is 14.2. The quantitative estimate of drug-likeness (QED) is 0.308. The van der Waals surface area contributed by atoms with Gasteiger partial charge in [0.15, 0.2) is 0 Å². The van der Waals surface area contributed by atoms with Crippen molar-refractivity contribution in [3.63, 3.8) is 0 Å². The lowest BCUT2D eigenvalue weighted by Crippen LogP contribution is -2.26. The summed E-state index contributed by atoms with van der Waals surface area (Å²) in [6.07, 6.45) is 0.816. The molecule has 1 N–H and O–H groups in total. The van der Waals surface area contributed by atoms with Gasteiger partial charge in [-0.1, -0.05) is 45.0 Å². The van der Waals surface area contributed by atoms with Crippen LogP contribution in [0.25, 0.3) is 0 Å². The highest BCUT2D eigenvalue weighted by Crippen LogP contribution is 2.29. The van der Waals surface area contributed by atoms with Crippen LogP contribution in [-0.4, -0.2) is 10.9 Å². The van der Waals surface area contributed by atoms with E-state index in [-0.39, 0.29) is 5.41 Å². The Kier molecular flexibility index (Phi) is 4.18. The topological polar surface area (TPSA) is 32.6 Å². The smallest absolute Gasteiger partial charge is 0.0669 e. The molecule has 0 unspecified atom stereocenters. The Bertz CT molecular complexity index is 214. The second kappa shape index (κ2) is 4.45. The van der Waals surface area contributed by atoms with Crippen LogP contribution in [0.15, 0.2) is 17.3 Å². The van der Waals surface area contributed by atoms with E-state index >= 15 is 0 Å². The van der Waals surface area contributed by atoms with Crippen LogP contribution in [0.4, 0.5) is 0 Å². The molecule has 0 bridgehead atoms. The maximum atomic E-state index is 8.91. The van der Waals surface area contributed by atoms with Crippen LogP contribution in [0.1, 0.15) is 41.0 Å². The van der Waals surface area contributed by atoms with Gasteiger partial charge >= 0.3 is 0 Å². The van der Waals surface area contributed by atoms with Crippen LogP contribution in [0.2, 0.25) is 0 Å². The largest absolute Gasteiger partial charge is 0.411 e. The molecule has 13 heavy (non-hydrogen) atoms. The molecule has 0 amide bonds. The van der Waals surface area contributed by atoms with E-state index in [1.807, 2.05) is 20.8 Å². The third-order valence-corrected chi connectivity index (χ3v) is 2.51. The fourth-order valence-electron chi connectivity index (χ4n) is 1.05. The molecule has 2 heteroatoms. The van der Waals surface area contributed by atoms with Gasteiger partial charge in [0.1, 0.15) is 0 Å². The van der Waals surface area contributed by atoms with Crippen molar-refractivity contribution < 1.29 is 5.21 Å².